The lowest BCUT2D eigenvalue weighted by molar-refractivity contribution is -0.129. The van der Waals surface area contributed by atoms with E-state index in [1.807, 2.05) is 20.8 Å². The molecule has 1 aliphatic heterocycles. The topological polar surface area (TPSA) is 49.4 Å². The van der Waals surface area contributed by atoms with Gasteiger partial charge in [-0.25, -0.2) is 4.39 Å². The standard InChI is InChI=1S/C17H23FN2O2/c1-17(2,3)16(22)19-14-10-15(21)20(11-14)9-8-12-4-6-13(18)7-5-12/h4-7,14H,8-11H2,1-3H3,(H,19,22). The summed E-state index contributed by atoms with van der Waals surface area (Å²) in [6.07, 6.45) is 1.04. The molecule has 1 fully saturated rings. The van der Waals surface area contributed by atoms with Crippen molar-refractivity contribution < 1.29 is 14.0 Å². The lowest BCUT2D eigenvalue weighted by atomic mass is 9.95. The molecule has 1 atom stereocenters. The summed E-state index contributed by atoms with van der Waals surface area (Å²) in [4.78, 5) is 25.7. The quantitative estimate of drug-likeness (QED) is 0.926. The van der Waals surface area contributed by atoms with E-state index in [1.54, 1.807) is 17.0 Å². The van der Waals surface area contributed by atoms with Crippen LogP contribution in [0.25, 0.3) is 0 Å². The predicted octanol–water partition coefficient (Wildman–Crippen LogP) is 2.13. The molecule has 120 valence electrons. The average molecular weight is 306 g/mol. The number of amides is 2. The highest BCUT2D eigenvalue weighted by atomic mass is 19.1. The smallest absolute Gasteiger partial charge is 0.225 e. The van der Waals surface area contributed by atoms with Crippen LogP contribution < -0.4 is 5.32 Å². The SMILES string of the molecule is CC(C)(C)C(=O)NC1CC(=O)N(CCc2ccc(F)cc2)C1. The molecule has 0 radical (unpaired) electrons. The number of halogens is 1. The van der Waals surface area contributed by atoms with Crippen molar-refractivity contribution in [3.05, 3.63) is 35.6 Å². The minimum absolute atomic E-state index is 0.0364. The maximum atomic E-state index is 12.9. The number of benzene rings is 1. The van der Waals surface area contributed by atoms with Crippen molar-refractivity contribution in [2.75, 3.05) is 13.1 Å². The molecule has 1 heterocycles. The second kappa shape index (κ2) is 6.46. The van der Waals surface area contributed by atoms with Gasteiger partial charge in [-0.05, 0) is 24.1 Å². The van der Waals surface area contributed by atoms with Gasteiger partial charge in [0.05, 0.1) is 6.04 Å². The average Bonchev–Trinajstić information content (AvgIpc) is 2.77. The zero-order valence-electron chi connectivity index (χ0n) is 13.4. The maximum Gasteiger partial charge on any atom is 0.225 e. The Morgan fingerprint density at radius 2 is 1.95 bits per heavy atom. The Kier molecular flexibility index (Phi) is 4.84. The molecule has 4 nitrogen and oxygen atoms in total. The van der Waals surface area contributed by atoms with Gasteiger partial charge in [-0.15, -0.1) is 0 Å². The van der Waals surface area contributed by atoms with Crippen LogP contribution in [0.4, 0.5) is 4.39 Å². The first-order valence-electron chi connectivity index (χ1n) is 7.59. The van der Waals surface area contributed by atoms with E-state index in [4.69, 9.17) is 0 Å². The molecule has 1 aliphatic rings. The van der Waals surface area contributed by atoms with Gasteiger partial charge < -0.3 is 10.2 Å². The van der Waals surface area contributed by atoms with Crippen LogP contribution in [0.2, 0.25) is 0 Å². The Bertz CT molecular complexity index is 549. The fourth-order valence-electron chi connectivity index (χ4n) is 2.40. The van der Waals surface area contributed by atoms with Crippen LogP contribution in [0, 0.1) is 11.2 Å². The van der Waals surface area contributed by atoms with Crippen LogP contribution in [-0.2, 0) is 16.0 Å². The number of likely N-dealkylation sites (tertiary alicyclic amines) is 1. The van der Waals surface area contributed by atoms with Crippen molar-refractivity contribution in [1.82, 2.24) is 10.2 Å². The van der Waals surface area contributed by atoms with Crippen LogP contribution in [0.15, 0.2) is 24.3 Å². The zero-order chi connectivity index (χ0) is 16.3. The summed E-state index contributed by atoms with van der Waals surface area (Å²) in [5.41, 5.74) is 0.543. The van der Waals surface area contributed by atoms with E-state index >= 15 is 0 Å². The summed E-state index contributed by atoms with van der Waals surface area (Å²) in [5, 5.41) is 2.93. The van der Waals surface area contributed by atoms with E-state index in [1.165, 1.54) is 12.1 Å². The van der Waals surface area contributed by atoms with Gasteiger partial charge in [0.15, 0.2) is 0 Å². The van der Waals surface area contributed by atoms with Crippen molar-refractivity contribution in [2.24, 2.45) is 5.41 Å². The van der Waals surface area contributed by atoms with Gasteiger partial charge in [-0.1, -0.05) is 32.9 Å². The first-order valence-corrected chi connectivity index (χ1v) is 7.59. The highest BCUT2D eigenvalue weighted by Crippen LogP contribution is 2.17. The summed E-state index contributed by atoms with van der Waals surface area (Å²) in [7, 11) is 0. The van der Waals surface area contributed by atoms with Gasteiger partial charge in [-0.2, -0.15) is 0 Å². The van der Waals surface area contributed by atoms with Gasteiger partial charge in [0.2, 0.25) is 11.8 Å². The number of carbonyl (C=O) groups is 2. The Hall–Kier alpha value is -1.91. The molecular formula is C17H23FN2O2. The molecular weight excluding hydrogens is 283 g/mol. The molecule has 0 aromatic heterocycles. The van der Waals surface area contributed by atoms with Crippen molar-refractivity contribution in [1.29, 1.82) is 0 Å². The highest BCUT2D eigenvalue weighted by molar-refractivity contribution is 5.84. The minimum Gasteiger partial charge on any atom is -0.351 e. The third-order valence-electron chi connectivity index (χ3n) is 3.81. The second-order valence-corrected chi connectivity index (χ2v) is 6.84. The molecule has 0 bridgehead atoms. The number of carbonyl (C=O) groups excluding carboxylic acids is 2. The highest BCUT2D eigenvalue weighted by Gasteiger charge is 2.32. The number of rotatable bonds is 4. The summed E-state index contributed by atoms with van der Waals surface area (Å²) in [6, 6.07) is 6.19. The lowest BCUT2D eigenvalue weighted by Crippen LogP contribution is -2.43. The molecule has 1 aromatic carbocycles. The van der Waals surface area contributed by atoms with E-state index in [9.17, 15) is 14.0 Å². The molecule has 0 saturated carbocycles. The van der Waals surface area contributed by atoms with Crippen LogP contribution in [0.1, 0.15) is 32.8 Å². The number of nitrogens with one attached hydrogen (secondary N) is 1. The zero-order valence-corrected chi connectivity index (χ0v) is 13.4. The third-order valence-corrected chi connectivity index (χ3v) is 3.81. The fraction of sp³-hybridized carbons (Fsp3) is 0.529. The van der Waals surface area contributed by atoms with Crippen LogP contribution in [0.5, 0.6) is 0 Å². The first kappa shape index (κ1) is 16.5. The fourth-order valence-corrected chi connectivity index (χ4v) is 2.40. The number of nitrogens with zero attached hydrogens (tertiary/aromatic N) is 1. The summed E-state index contributed by atoms with van der Waals surface area (Å²) < 4.78 is 12.9. The normalized spacial score (nSPS) is 18.6. The maximum absolute atomic E-state index is 12.9. The number of hydrogen-bond donors (Lipinski definition) is 1. The van der Waals surface area contributed by atoms with Gasteiger partial charge in [0.1, 0.15) is 5.82 Å². The van der Waals surface area contributed by atoms with E-state index in [2.05, 4.69) is 5.32 Å². The van der Waals surface area contributed by atoms with Crippen LogP contribution in [0.3, 0.4) is 0 Å². The second-order valence-electron chi connectivity index (χ2n) is 6.84. The lowest BCUT2D eigenvalue weighted by Gasteiger charge is -2.21. The molecule has 0 aliphatic carbocycles. The van der Waals surface area contributed by atoms with Gasteiger partial charge in [-0.3, -0.25) is 9.59 Å². The minimum atomic E-state index is -0.454. The molecule has 1 unspecified atom stereocenters. The summed E-state index contributed by atoms with van der Waals surface area (Å²) in [6.45, 7) is 6.69. The Balaban J connectivity index is 1.85. The first-order chi connectivity index (χ1) is 10.3. The van der Waals surface area contributed by atoms with Crippen molar-refractivity contribution >= 4 is 11.8 Å². The van der Waals surface area contributed by atoms with E-state index in [-0.39, 0.29) is 23.7 Å². The van der Waals surface area contributed by atoms with E-state index in [0.29, 0.717) is 25.9 Å². The number of hydrogen-bond acceptors (Lipinski definition) is 2. The van der Waals surface area contributed by atoms with Crippen molar-refractivity contribution in [2.45, 2.75) is 39.7 Å². The molecule has 2 amide bonds. The Morgan fingerprint density at radius 1 is 1.32 bits per heavy atom. The molecule has 22 heavy (non-hydrogen) atoms. The molecule has 1 saturated heterocycles. The molecule has 5 heteroatoms. The monoisotopic (exact) mass is 306 g/mol. The van der Waals surface area contributed by atoms with Gasteiger partial charge in [0, 0.05) is 24.9 Å². The largest absolute Gasteiger partial charge is 0.351 e. The van der Waals surface area contributed by atoms with E-state index in [0.717, 1.165) is 5.56 Å². The van der Waals surface area contributed by atoms with Crippen LogP contribution in [-0.4, -0.2) is 35.8 Å². The van der Waals surface area contributed by atoms with Crippen LogP contribution >= 0.6 is 0 Å². The van der Waals surface area contributed by atoms with E-state index < -0.39 is 5.41 Å². The van der Waals surface area contributed by atoms with Gasteiger partial charge >= 0.3 is 0 Å². The molecule has 2 rings (SSSR count). The summed E-state index contributed by atoms with van der Waals surface area (Å²) in [5.74, 6) is -0.238. The Morgan fingerprint density at radius 3 is 2.55 bits per heavy atom. The summed E-state index contributed by atoms with van der Waals surface area (Å²) >= 11 is 0. The third kappa shape index (κ3) is 4.29. The molecule has 0 spiro atoms. The van der Waals surface area contributed by atoms with Crippen molar-refractivity contribution in [3.8, 4) is 0 Å². The van der Waals surface area contributed by atoms with Crippen molar-refractivity contribution in [3.63, 3.8) is 0 Å². The predicted molar refractivity (Wildman–Crippen MR) is 82.7 cm³/mol. The molecule has 1 N–H and O–H groups in total. The van der Waals surface area contributed by atoms with Gasteiger partial charge in [0.25, 0.3) is 0 Å². The Labute approximate surface area is 130 Å². The molecule has 1 aromatic rings.